The van der Waals surface area contributed by atoms with E-state index in [9.17, 15) is 5.11 Å². The van der Waals surface area contributed by atoms with E-state index in [1.807, 2.05) is 32.2 Å². The van der Waals surface area contributed by atoms with Crippen LogP contribution in [0.1, 0.15) is 30.5 Å². The lowest BCUT2D eigenvalue weighted by Crippen LogP contribution is -2.35. The molecule has 0 atom stereocenters. The molecule has 0 spiro atoms. The Morgan fingerprint density at radius 2 is 1.93 bits per heavy atom. The smallest absolute Gasteiger partial charge is 0.0718 e. The zero-order valence-electron chi connectivity index (χ0n) is 10.1. The second-order valence-electron chi connectivity index (χ2n) is 4.71. The second-order valence-corrected chi connectivity index (χ2v) is 5.96. The molecule has 15 heavy (non-hydrogen) atoms. The number of nitrogens with zero attached hydrogens (tertiary/aromatic N) is 1. The number of aliphatic hydroxyl groups is 1. The van der Waals surface area contributed by atoms with Crippen LogP contribution in [0.3, 0.4) is 0 Å². The molecule has 0 bridgehead atoms. The number of thiophene rings is 1. The number of rotatable bonds is 5. The Balaban J connectivity index is 2.47. The summed E-state index contributed by atoms with van der Waals surface area (Å²) in [7, 11) is 2.04. The van der Waals surface area contributed by atoms with E-state index >= 15 is 0 Å². The van der Waals surface area contributed by atoms with Gasteiger partial charge in [-0.1, -0.05) is 6.92 Å². The lowest BCUT2D eigenvalue weighted by molar-refractivity contribution is 0.0427. The molecule has 86 valence electrons. The van der Waals surface area contributed by atoms with Gasteiger partial charge in [-0.3, -0.25) is 4.90 Å². The molecule has 0 unspecified atom stereocenters. The Morgan fingerprint density at radius 1 is 1.33 bits per heavy atom. The van der Waals surface area contributed by atoms with Gasteiger partial charge in [0.2, 0.25) is 0 Å². The van der Waals surface area contributed by atoms with E-state index < -0.39 is 5.60 Å². The summed E-state index contributed by atoms with van der Waals surface area (Å²) in [6.45, 7) is 7.49. The van der Waals surface area contributed by atoms with Crippen molar-refractivity contribution >= 4 is 11.3 Å². The first-order valence-corrected chi connectivity index (χ1v) is 6.21. The Labute approximate surface area is 96.5 Å². The maximum atomic E-state index is 9.68. The molecule has 3 heteroatoms. The van der Waals surface area contributed by atoms with Crippen LogP contribution >= 0.6 is 11.3 Å². The van der Waals surface area contributed by atoms with Crippen LogP contribution < -0.4 is 0 Å². The van der Waals surface area contributed by atoms with Gasteiger partial charge in [0, 0.05) is 22.8 Å². The molecule has 0 radical (unpaired) electrons. The van der Waals surface area contributed by atoms with Crippen LogP contribution in [-0.4, -0.2) is 29.2 Å². The summed E-state index contributed by atoms with van der Waals surface area (Å²) in [5, 5.41) is 9.68. The van der Waals surface area contributed by atoms with Crippen molar-refractivity contribution in [3.05, 3.63) is 21.9 Å². The van der Waals surface area contributed by atoms with E-state index in [-0.39, 0.29) is 0 Å². The van der Waals surface area contributed by atoms with Crippen molar-refractivity contribution in [1.29, 1.82) is 0 Å². The predicted octanol–water partition coefficient (Wildman–Crippen LogP) is 2.51. The minimum atomic E-state index is -0.612. The van der Waals surface area contributed by atoms with Crippen LogP contribution in [0.2, 0.25) is 0 Å². The van der Waals surface area contributed by atoms with E-state index in [4.69, 9.17) is 0 Å². The lowest BCUT2D eigenvalue weighted by Gasteiger charge is -2.24. The zero-order valence-corrected chi connectivity index (χ0v) is 10.9. The second kappa shape index (κ2) is 5.10. The normalized spacial score (nSPS) is 12.4. The molecule has 0 aromatic carbocycles. The average Bonchev–Trinajstić information content (AvgIpc) is 2.48. The zero-order chi connectivity index (χ0) is 11.5. The summed E-state index contributed by atoms with van der Waals surface area (Å²) in [4.78, 5) is 4.96. The van der Waals surface area contributed by atoms with Gasteiger partial charge >= 0.3 is 0 Å². The van der Waals surface area contributed by atoms with Crippen molar-refractivity contribution in [2.75, 3.05) is 13.6 Å². The molecular formula is C12H21NOS. The highest BCUT2D eigenvalue weighted by atomic mass is 32.1. The topological polar surface area (TPSA) is 23.5 Å². The Bertz CT molecular complexity index is 301. The standard InChI is InChI=1S/C12H21NOS/c1-5-10-6-7-11(15-10)8-13(4)9-12(2,3)14/h6-7,14H,5,8-9H2,1-4H3. The van der Waals surface area contributed by atoms with Crippen molar-refractivity contribution < 1.29 is 5.11 Å². The summed E-state index contributed by atoms with van der Waals surface area (Å²) in [6.07, 6.45) is 1.11. The van der Waals surface area contributed by atoms with Gasteiger partial charge in [-0.2, -0.15) is 0 Å². The third kappa shape index (κ3) is 4.78. The molecule has 0 saturated heterocycles. The molecule has 1 N–H and O–H groups in total. The van der Waals surface area contributed by atoms with E-state index in [1.165, 1.54) is 9.75 Å². The molecule has 2 nitrogen and oxygen atoms in total. The Hall–Kier alpha value is -0.380. The van der Waals surface area contributed by atoms with Gasteiger partial charge in [0.05, 0.1) is 5.60 Å². The fourth-order valence-corrected chi connectivity index (χ4v) is 2.72. The molecule has 1 rings (SSSR count). The maximum absolute atomic E-state index is 9.68. The third-order valence-corrected chi connectivity index (χ3v) is 3.36. The Morgan fingerprint density at radius 3 is 2.40 bits per heavy atom. The highest BCUT2D eigenvalue weighted by Gasteiger charge is 2.15. The minimum absolute atomic E-state index is 0.612. The molecule has 0 aliphatic heterocycles. The average molecular weight is 227 g/mol. The van der Waals surface area contributed by atoms with E-state index in [1.54, 1.807) is 0 Å². The predicted molar refractivity (Wildman–Crippen MR) is 66.3 cm³/mol. The number of hydrogen-bond donors (Lipinski definition) is 1. The van der Waals surface area contributed by atoms with Gasteiger partial charge in [0.25, 0.3) is 0 Å². The first kappa shape index (κ1) is 12.7. The van der Waals surface area contributed by atoms with Crippen molar-refractivity contribution in [3.8, 4) is 0 Å². The third-order valence-electron chi connectivity index (χ3n) is 2.15. The van der Waals surface area contributed by atoms with Gasteiger partial charge < -0.3 is 5.11 Å². The van der Waals surface area contributed by atoms with Gasteiger partial charge in [-0.15, -0.1) is 11.3 Å². The SMILES string of the molecule is CCc1ccc(CN(C)CC(C)(C)O)s1. The minimum Gasteiger partial charge on any atom is -0.389 e. The number of hydrogen-bond acceptors (Lipinski definition) is 3. The summed E-state index contributed by atoms with van der Waals surface area (Å²) in [6, 6.07) is 4.38. The first-order valence-electron chi connectivity index (χ1n) is 5.39. The van der Waals surface area contributed by atoms with Gasteiger partial charge in [0.1, 0.15) is 0 Å². The molecular weight excluding hydrogens is 206 g/mol. The van der Waals surface area contributed by atoms with Crippen LogP contribution in [0.4, 0.5) is 0 Å². The molecule has 0 saturated carbocycles. The van der Waals surface area contributed by atoms with Crippen LogP contribution in [0.25, 0.3) is 0 Å². The largest absolute Gasteiger partial charge is 0.389 e. The molecule has 0 aliphatic carbocycles. The summed E-state index contributed by atoms with van der Waals surface area (Å²) in [5.41, 5.74) is -0.612. The molecule has 1 aromatic heterocycles. The molecule has 1 aromatic rings. The molecule has 0 amide bonds. The summed E-state index contributed by atoms with van der Waals surface area (Å²) in [5.74, 6) is 0. The molecule has 0 aliphatic rings. The van der Waals surface area contributed by atoms with Crippen LogP contribution in [0, 0.1) is 0 Å². The van der Waals surface area contributed by atoms with E-state index in [0.717, 1.165) is 13.0 Å². The maximum Gasteiger partial charge on any atom is 0.0718 e. The van der Waals surface area contributed by atoms with Crippen molar-refractivity contribution in [3.63, 3.8) is 0 Å². The van der Waals surface area contributed by atoms with Crippen molar-refractivity contribution in [2.24, 2.45) is 0 Å². The fraction of sp³-hybridized carbons (Fsp3) is 0.667. The highest BCUT2D eigenvalue weighted by molar-refractivity contribution is 7.11. The fourth-order valence-electron chi connectivity index (χ4n) is 1.68. The van der Waals surface area contributed by atoms with Crippen LogP contribution in [-0.2, 0) is 13.0 Å². The monoisotopic (exact) mass is 227 g/mol. The summed E-state index contributed by atoms with van der Waals surface area (Å²) < 4.78 is 0. The first-order chi connectivity index (χ1) is 6.90. The quantitative estimate of drug-likeness (QED) is 0.835. The molecule has 1 heterocycles. The van der Waals surface area contributed by atoms with Crippen molar-refractivity contribution in [2.45, 2.75) is 39.3 Å². The van der Waals surface area contributed by atoms with Gasteiger partial charge in [0.15, 0.2) is 0 Å². The molecule has 0 fully saturated rings. The Kier molecular flexibility index (Phi) is 4.32. The summed E-state index contributed by atoms with van der Waals surface area (Å²) >= 11 is 1.86. The van der Waals surface area contributed by atoms with Crippen LogP contribution in [0.5, 0.6) is 0 Å². The van der Waals surface area contributed by atoms with Crippen molar-refractivity contribution in [1.82, 2.24) is 4.90 Å². The van der Waals surface area contributed by atoms with E-state index in [2.05, 4.69) is 24.0 Å². The van der Waals surface area contributed by atoms with Crippen LogP contribution in [0.15, 0.2) is 12.1 Å². The van der Waals surface area contributed by atoms with E-state index in [0.29, 0.717) is 6.54 Å². The highest BCUT2D eigenvalue weighted by Crippen LogP contribution is 2.18. The lowest BCUT2D eigenvalue weighted by atomic mass is 10.1. The van der Waals surface area contributed by atoms with Gasteiger partial charge in [-0.25, -0.2) is 0 Å². The number of likely N-dealkylation sites (N-methyl/N-ethyl adjacent to an activating group) is 1. The number of aryl methyl sites for hydroxylation is 1. The van der Waals surface area contributed by atoms with Gasteiger partial charge in [-0.05, 0) is 39.4 Å².